The Morgan fingerprint density at radius 1 is 1.42 bits per heavy atom. The van der Waals surface area contributed by atoms with Gasteiger partial charge in [-0.1, -0.05) is 12.1 Å². The number of benzene rings is 1. The van der Waals surface area contributed by atoms with Crippen molar-refractivity contribution < 1.29 is 0 Å². The number of hydrogen-bond acceptors (Lipinski definition) is 1. The van der Waals surface area contributed by atoms with Gasteiger partial charge in [-0.3, -0.25) is 0 Å². The van der Waals surface area contributed by atoms with Crippen molar-refractivity contribution in [3.05, 3.63) is 28.2 Å². The third-order valence-electron chi connectivity index (χ3n) is 1.65. The molecule has 0 unspecified atom stereocenters. The smallest absolute Gasteiger partial charge is 0.0311 e. The van der Waals surface area contributed by atoms with Crippen LogP contribution in [0.2, 0.25) is 0 Å². The maximum absolute atomic E-state index is 5.61. The molecule has 0 amide bonds. The summed E-state index contributed by atoms with van der Waals surface area (Å²) in [5.74, 6) is 0.708. The normalized spacial score (nSPS) is 10.2. The van der Waals surface area contributed by atoms with E-state index in [0.717, 1.165) is 22.2 Å². The molecule has 0 saturated heterocycles. The summed E-state index contributed by atoms with van der Waals surface area (Å²) >= 11 is 13.4. The van der Waals surface area contributed by atoms with Crippen LogP contribution in [0.4, 0.5) is 0 Å². The molecule has 0 fully saturated rings. The SMILES string of the molecule is Sc1c(Br)cccc1CCCCl. The average Bonchev–Trinajstić information content (AvgIpc) is 2.08. The molecule has 0 radical (unpaired) electrons. The van der Waals surface area contributed by atoms with Crippen LogP contribution in [0.25, 0.3) is 0 Å². The fraction of sp³-hybridized carbons (Fsp3) is 0.333. The molecule has 3 heteroatoms. The molecule has 0 aliphatic heterocycles. The van der Waals surface area contributed by atoms with Gasteiger partial charge < -0.3 is 0 Å². The highest BCUT2D eigenvalue weighted by Crippen LogP contribution is 2.25. The van der Waals surface area contributed by atoms with Gasteiger partial charge in [-0.2, -0.15) is 0 Å². The van der Waals surface area contributed by atoms with Crippen molar-refractivity contribution in [1.82, 2.24) is 0 Å². The van der Waals surface area contributed by atoms with Crippen LogP contribution in [0.1, 0.15) is 12.0 Å². The van der Waals surface area contributed by atoms with Crippen LogP contribution in [-0.2, 0) is 6.42 Å². The van der Waals surface area contributed by atoms with Crippen molar-refractivity contribution in [3.63, 3.8) is 0 Å². The van der Waals surface area contributed by atoms with Gasteiger partial charge in [0.05, 0.1) is 0 Å². The zero-order valence-corrected chi connectivity index (χ0v) is 9.79. The molecule has 0 saturated carbocycles. The first-order valence-electron chi connectivity index (χ1n) is 3.78. The lowest BCUT2D eigenvalue weighted by atomic mass is 10.1. The molecule has 0 aliphatic carbocycles. The quantitative estimate of drug-likeness (QED) is 0.622. The van der Waals surface area contributed by atoms with E-state index in [0.29, 0.717) is 5.88 Å². The van der Waals surface area contributed by atoms with E-state index in [9.17, 15) is 0 Å². The summed E-state index contributed by atoms with van der Waals surface area (Å²) in [5.41, 5.74) is 1.26. The Morgan fingerprint density at radius 2 is 2.17 bits per heavy atom. The molecule has 0 N–H and O–H groups in total. The van der Waals surface area contributed by atoms with E-state index in [1.807, 2.05) is 12.1 Å². The standard InChI is InChI=1S/C9H10BrClS/c10-8-5-1-3-7(9(8)12)4-2-6-11/h1,3,5,12H,2,4,6H2. The second kappa shape index (κ2) is 5.15. The molecule has 0 spiro atoms. The molecule has 0 heterocycles. The lowest BCUT2D eigenvalue weighted by Gasteiger charge is -2.04. The molecule has 1 aromatic carbocycles. The van der Waals surface area contributed by atoms with E-state index in [1.165, 1.54) is 5.56 Å². The minimum atomic E-state index is 0.708. The van der Waals surface area contributed by atoms with E-state index in [2.05, 4.69) is 34.6 Å². The zero-order chi connectivity index (χ0) is 8.97. The second-order valence-corrected chi connectivity index (χ2v) is 4.22. The lowest BCUT2D eigenvalue weighted by molar-refractivity contribution is 0.905. The van der Waals surface area contributed by atoms with E-state index in [-0.39, 0.29) is 0 Å². The third-order valence-corrected chi connectivity index (χ3v) is 3.41. The molecule has 1 aromatic rings. The molecule has 0 bridgehead atoms. The van der Waals surface area contributed by atoms with E-state index >= 15 is 0 Å². The third kappa shape index (κ3) is 2.68. The van der Waals surface area contributed by atoms with Crippen LogP contribution in [-0.4, -0.2) is 5.88 Å². The van der Waals surface area contributed by atoms with E-state index in [1.54, 1.807) is 0 Å². The number of thiol groups is 1. The minimum absolute atomic E-state index is 0.708. The van der Waals surface area contributed by atoms with E-state index < -0.39 is 0 Å². The van der Waals surface area contributed by atoms with Crippen LogP contribution in [0.3, 0.4) is 0 Å². The fourth-order valence-corrected chi connectivity index (χ4v) is 1.82. The van der Waals surface area contributed by atoms with Gasteiger partial charge >= 0.3 is 0 Å². The Morgan fingerprint density at radius 3 is 2.83 bits per heavy atom. The van der Waals surface area contributed by atoms with Crippen LogP contribution >= 0.6 is 40.2 Å². The van der Waals surface area contributed by atoms with Crippen molar-refractivity contribution in [1.29, 1.82) is 0 Å². The molecular formula is C9H10BrClS. The summed E-state index contributed by atoms with van der Waals surface area (Å²) < 4.78 is 1.05. The number of alkyl halides is 1. The summed E-state index contributed by atoms with van der Waals surface area (Å²) in [7, 11) is 0. The average molecular weight is 266 g/mol. The van der Waals surface area contributed by atoms with Crippen molar-refractivity contribution in [2.45, 2.75) is 17.7 Å². The number of halogens is 2. The number of aryl methyl sites for hydroxylation is 1. The first kappa shape index (κ1) is 10.4. The van der Waals surface area contributed by atoms with Crippen LogP contribution in [0.5, 0.6) is 0 Å². The molecule has 0 nitrogen and oxygen atoms in total. The Bertz CT molecular complexity index is 263. The van der Waals surface area contributed by atoms with Crippen molar-refractivity contribution >= 4 is 40.2 Å². The highest BCUT2D eigenvalue weighted by atomic mass is 79.9. The van der Waals surface area contributed by atoms with Gasteiger partial charge in [0.2, 0.25) is 0 Å². The molecule has 66 valence electrons. The maximum Gasteiger partial charge on any atom is 0.0311 e. The molecule has 0 aliphatic rings. The largest absolute Gasteiger partial charge is 0.142 e. The van der Waals surface area contributed by atoms with Crippen molar-refractivity contribution in [3.8, 4) is 0 Å². The predicted molar refractivity (Wildman–Crippen MR) is 60.4 cm³/mol. The highest BCUT2D eigenvalue weighted by molar-refractivity contribution is 9.10. The summed E-state index contributed by atoms with van der Waals surface area (Å²) in [6.45, 7) is 0. The van der Waals surface area contributed by atoms with Gasteiger partial charge in [0, 0.05) is 15.2 Å². The summed E-state index contributed by atoms with van der Waals surface area (Å²) in [6.07, 6.45) is 2.01. The first-order chi connectivity index (χ1) is 5.75. The van der Waals surface area contributed by atoms with Gasteiger partial charge in [0.25, 0.3) is 0 Å². The Kier molecular flexibility index (Phi) is 4.47. The van der Waals surface area contributed by atoms with Gasteiger partial charge in [0.1, 0.15) is 0 Å². The molecular weight excluding hydrogens is 256 g/mol. The van der Waals surface area contributed by atoms with Crippen molar-refractivity contribution in [2.75, 3.05) is 5.88 Å². The maximum atomic E-state index is 5.61. The number of hydrogen-bond donors (Lipinski definition) is 1. The summed E-state index contributed by atoms with van der Waals surface area (Å²) in [5, 5.41) is 0. The topological polar surface area (TPSA) is 0 Å². The van der Waals surface area contributed by atoms with Gasteiger partial charge in [-0.15, -0.1) is 24.2 Å². The summed E-state index contributed by atoms with van der Waals surface area (Å²) in [4.78, 5) is 1.03. The predicted octanol–water partition coefficient (Wildman–Crippen LogP) is 3.91. The molecule has 0 atom stereocenters. The minimum Gasteiger partial charge on any atom is -0.142 e. The Balaban J connectivity index is 2.78. The number of rotatable bonds is 3. The van der Waals surface area contributed by atoms with Gasteiger partial charge in [-0.25, -0.2) is 0 Å². The Hall–Kier alpha value is 0.340. The monoisotopic (exact) mass is 264 g/mol. The molecule has 12 heavy (non-hydrogen) atoms. The molecule has 1 rings (SSSR count). The van der Waals surface area contributed by atoms with Crippen LogP contribution < -0.4 is 0 Å². The summed E-state index contributed by atoms with van der Waals surface area (Å²) in [6, 6.07) is 6.10. The Labute approximate surface area is 91.9 Å². The lowest BCUT2D eigenvalue weighted by Crippen LogP contribution is -1.88. The highest BCUT2D eigenvalue weighted by Gasteiger charge is 2.01. The molecule has 0 aromatic heterocycles. The van der Waals surface area contributed by atoms with Gasteiger partial charge in [0.15, 0.2) is 0 Å². The van der Waals surface area contributed by atoms with Crippen LogP contribution in [0, 0.1) is 0 Å². The zero-order valence-electron chi connectivity index (χ0n) is 6.56. The first-order valence-corrected chi connectivity index (χ1v) is 5.55. The van der Waals surface area contributed by atoms with Gasteiger partial charge in [-0.05, 0) is 40.4 Å². The van der Waals surface area contributed by atoms with Crippen LogP contribution in [0.15, 0.2) is 27.6 Å². The second-order valence-electron chi connectivity index (χ2n) is 2.54. The van der Waals surface area contributed by atoms with E-state index in [4.69, 9.17) is 11.6 Å². The van der Waals surface area contributed by atoms with Crippen molar-refractivity contribution in [2.24, 2.45) is 0 Å². The fourth-order valence-electron chi connectivity index (χ4n) is 1.02.